The first kappa shape index (κ1) is 21.3. The van der Waals surface area contributed by atoms with Crippen LogP contribution in [0.15, 0.2) is 59.7 Å². The van der Waals surface area contributed by atoms with Gasteiger partial charge in [0.05, 0.1) is 5.69 Å². The van der Waals surface area contributed by atoms with Crippen LogP contribution in [0.3, 0.4) is 0 Å². The molecule has 0 radical (unpaired) electrons. The Hall–Kier alpha value is -3.52. The van der Waals surface area contributed by atoms with Gasteiger partial charge in [0.25, 0.3) is 5.56 Å². The van der Waals surface area contributed by atoms with E-state index in [0.29, 0.717) is 30.3 Å². The van der Waals surface area contributed by atoms with Crippen LogP contribution in [0.1, 0.15) is 24.4 Å². The highest BCUT2D eigenvalue weighted by Crippen LogP contribution is 2.25. The topological polar surface area (TPSA) is 83.4 Å². The van der Waals surface area contributed by atoms with Crippen molar-refractivity contribution in [1.82, 2.24) is 19.9 Å². The third kappa shape index (κ3) is 4.52. The van der Waals surface area contributed by atoms with Crippen LogP contribution >= 0.6 is 0 Å². The molecule has 2 fully saturated rings. The maximum absolute atomic E-state index is 12.7. The number of Topliss-reactive ketones (excluding diaryl/α,β-unsaturated/α-hetero) is 1. The average molecular weight is 445 g/mol. The Morgan fingerprint density at radius 3 is 2.39 bits per heavy atom. The second kappa shape index (κ2) is 9.15. The SMILES string of the molecule is Cn1c(N2CCN[C@@H](c3ccc(N4CCC(=O)CC4)cc3)C2)nc(-c2ccncc2)cc1=O. The van der Waals surface area contributed by atoms with Crippen molar-refractivity contribution in [1.29, 1.82) is 0 Å². The van der Waals surface area contributed by atoms with E-state index in [1.165, 1.54) is 5.56 Å². The molecule has 1 atom stereocenters. The largest absolute Gasteiger partial charge is 0.371 e. The molecule has 2 aliphatic rings. The van der Waals surface area contributed by atoms with E-state index in [2.05, 4.69) is 44.4 Å². The number of rotatable bonds is 4. The first-order chi connectivity index (χ1) is 16.1. The molecule has 4 heterocycles. The molecule has 0 unspecified atom stereocenters. The minimum absolute atomic E-state index is 0.0775. The summed E-state index contributed by atoms with van der Waals surface area (Å²) in [6, 6.07) is 14.0. The number of benzene rings is 1. The second-order valence-electron chi connectivity index (χ2n) is 8.64. The van der Waals surface area contributed by atoms with Crippen molar-refractivity contribution < 1.29 is 4.79 Å². The van der Waals surface area contributed by atoms with E-state index < -0.39 is 0 Å². The summed E-state index contributed by atoms with van der Waals surface area (Å²) in [4.78, 5) is 37.5. The van der Waals surface area contributed by atoms with Gasteiger partial charge in [-0.05, 0) is 29.8 Å². The Balaban J connectivity index is 1.35. The average Bonchev–Trinajstić information content (AvgIpc) is 2.87. The van der Waals surface area contributed by atoms with Crippen molar-refractivity contribution in [3.63, 3.8) is 0 Å². The summed E-state index contributed by atoms with van der Waals surface area (Å²) >= 11 is 0. The van der Waals surface area contributed by atoms with Crippen molar-refractivity contribution in [3.05, 3.63) is 70.8 Å². The zero-order valence-electron chi connectivity index (χ0n) is 18.8. The van der Waals surface area contributed by atoms with Gasteiger partial charge in [-0.1, -0.05) is 12.1 Å². The van der Waals surface area contributed by atoms with Crippen LogP contribution in [0, 0.1) is 0 Å². The van der Waals surface area contributed by atoms with Gasteiger partial charge in [-0.15, -0.1) is 0 Å². The second-order valence-corrected chi connectivity index (χ2v) is 8.64. The minimum atomic E-state index is -0.0775. The number of nitrogens with one attached hydrogen (secondary N) is 1. The number of anilines is 2. The first-order valence-corrected chi connectivity index (χ1v) is 11.4. The zero-order valence-corrected chi connectivity index (χ0v) is 18.8. The lowest BCUT2D eigenvalue weighted by atomic mass is 10.0. The molecular formula is C25H28N6O2. The third-order valence-corrected chi connectivity index (χ3v) is 6.53. The molecule has 8 nitrogen and oxygen atoms in total. The maximum Gasteiger partial charge on any atom is 0.255 e. The van der Waals surface area contributed by atoms with Gasteiger partial charge in [-0.25, -0.2) is 4.98 Å². The zero-order chi connectivity index (χ0) is 22.8. The van der Waals surface area contributed by atoms with Gasteiger partial charge in [-0.3, -0.25) is 19.1 Å². The van der Waals surface area contributed by atoms with Crippen molar-refractivity contribution in [2.75, 3.05) is 42.5 Å². The summed E-state index contributed by atoms with van der Waals surface area (Å²) in [6.45, 7) is 3.88. The number of piperidine rings is 1. The quantitative estimate of drug-likeness (QED) is 0.660. The molecule has 0 aliphatic carbocycles. The Labute approximate surface area is 192 Å². The van der Waals surface area contributed by atoms with Gasteiger partial charge in [0.1, 0.15) is 5.78 Å². The smallest absolute Gasteiger partial charge is 0.255 e. The molecule has 0 amide bonds. The van der Waals surface area contributed by atoms with Crippen LogP contribution < -0.4 is 20.7 Å². The summed E-state index contributed by atoms with van der Waals surface area (Å²) < 4.78 is 1.62. The van der Waals surface area contributed by atoms with Gasteiger partial charge in [0.2, 0.25) is 5.95 Å². The van der Waals surface area contributed by atoms with Crippen molar-refractivity contribution in [3.8, 4) is 11.3 Å². The number of carbonyl (C=O) groups is 1. The van der Waals surface area contributed by atoms with Crippen LogP contribution in [0.4, 0.5) is 11.6 Å². The van der Waals surface area contributed by atoms with Gasteiger partial charge in [0, 0.05) is 88.4 Å². The molecule has 3 aromatic rings. The lowest BCUT2D eigenvalue weighted by Gasteiger charge is -2.35. The molecule has 0 bridgehead atoms. The fourth-order valence-electron chi connectivity index (χ4n) is 4.57. The normalized spacial score (nSPS) is 19.1. The van der Waals surface area contributed by atoms with E-state index in [9.17, 15) is 9.59 Å². The monoisotopic (exact) mass is 444 g/mol. The molecule has 1 aromatic carbocycles. The van der Waals surface area contributed by atoms with Crippen LogP contribution in [0.25, 0.3) is 11.3 Å². The van der Waals surface area contributed by atoms with Crippen LogP contribution in [-0.4, -0.2) is 53.0 Å². The highest BCUT2D eigenvalue weighted by atomic mass is 16.1. The van der Waals surface area contributed by atoms with E-state index >= 15 is 0 Å². The third-order valence-electron chi connectivity index (χ3n) is 6.53. The number of piperazine rings is 1. The lowest BCUT2D eigenvalue weighted by molar-refractivity contribution is -0.119. The fraction of sp³-hybridized carbons (Fsp3) is 0.360. The summed E-state index contributed by atoms with van der Waals surface area (Å²) in [5.74, 6) is 1.03. The first-order valence-electron chi connectivity index (χ1n) is 11.4. The highest BCUT2D eigenvalue weighted by molar-refractivity contribution is 5.81. The molecule has 5 rings (SSSR count). The molecule has 170 valence electrons. The molecule has 1 N–H and O–H groups in total. The van der Waals surface area contributed by atoms with Gasteiger partial charge in [-0.2, -0.15) is 0 Å². The molecule has 33 heavy (non-hydrogen) atoms. The Morgan fingerprint density at radius 1 is 0.939 bits per heavy atom. The Morgan fingerprint density at radius 2 is 1.67 bits per heavy atom. The van der Waals surface area contributed by atoms with Crippen molar-refractivity contribution >= 4 is 17.4 Å². The molecule has 2 aliphatic heterocycles. The molecular weight excluding hydrogens is 416 g/mol. The molecule has 2 aromatic heterocycles. The minimum Gasteiger partial charge on any atom is -0.371 e. The summed E-state index contributed by atoms with van der Waals surface area (Å²) in [5, 5.41) is 3.60. The van der Waals surface area contributed by atoms with Gasteiger partial charge >= 0.3 is 0 Å². The number of carbonyl (C=O) groups excluding carboxylic acids is 1. The predicted molar refractivity (Wildman–Crippen MR) is 129 cm³/mol. The molecule has 0 saturated carbocycles. The molecule has 8 heteroatoms. The standard InChI is InChI=1S/C25H28N6O2/c1-29-24(33)16-22(19-6-10-26-11-7-19)28-25(29)31-15-12-27-23(17-31)18-2-4-20(5-3-18)30-13-8-21(32)9-14-30/h2-7,10-11,16,23,27H,8-9,12-15,17H2,1H3/t23-/m1/s1. The predicted octanol–water partition coefficient (Wildman–Crippen LogP) is 2.16. The summed E-state index contributed by atoms with van der Waals surface area (Å²) in [5.41, 5.74) is 3.83. The number of hydrogen-bond acceptors (Lipinski definition) is 7. The van der Waals surface area contributed by atoms with E-state index in [4.69, 9.17) is 4.98 Å². The maximum atomic E-state index is 12.7. The highest BCUT2D eigenvalue weighted by Gasteiger charge is 2.24. The number of nitrogens with zero attached hydrogens (tertiary/aromatic N) is 5. The summed E-state index contributed by atoms with van der Waals surface area (Å²) in [6.07, 6.45) is 4.68. The van der Waals surface area contributed by atoms with E-state index in [1.807, 2.05) is 12.1 Å². The van der Waals surface area contributed by atoms with E-state index in [-0.39, 0.29) is 11.6 Å². The van der Waals surface area contributed by atoms with Crippen LogP contribution in [-0.2, 0) is 11.8 Å². The summed E-state index contributed by atoms with van der Waals surface area (Å²) in [7, 11) is 1.77. The van der Waals surface area contributed by atoms with Gasteiger partial charge in [0.15, 0.2) is 0 Å². The Kier molecular flexibility index (Phi) is 5.92. The number of ketones is 1. The number of aromatic nitrogens is 3. The van der Waals surface area contributed by atoms with E-state index in [0.717, 1.165) is 44.0 Å². The van der Waals surface area contributed by atoms with Gasteiger partial charge < -0.3 is 15.1 Å². The Bertz CT molecular complexity index is 1180. The number of pyridine rings is 1. The van der Waals surface area contributed by atoms with Crippen molar-refractivity contribution in [2.24, 2.45) is 7.05 Å². The van der Waals surface area contributed by atoms with Crippen LogP contribution in [0.5, 0.6) is 0 Å². The molecule has 2 saturated heterocycles. The lowest BCUT2D eigenvalue weighted by Crippen LogP contribution is -2.47. The van der Waals surface area contributed by atoms with Crippen LogP contribution in [0.2, 0.25) is 0 Å². The van der Waals surface area contributed by atoms with Crippen molar-refractivity contribution in [2.45, 2.75) is 18.9 Å². The molecule has 0 spiro atoms. The number of hydrogen-bond donors (Lipinski definition) is 1. The van der Waals surface area contributed by atoms with E-state index in [1.54, 1.807) is 30.1 Å². The fourth-order valence-corrected chi connectivity index (χ4v) is 4.57.